The number of aromatic nitrogens is 2. The summed E-state index contributed by atoms with van der Waals surface area (Å²) < 4.78 is 0. The Bertz CT molecular complexity index is 576. The lowest BCUT2D eigenvalue weighted by atomic mass is 10.1. The first kappa shape index (κ1) is 13.8. The van der Waals surface area contributed by atoms with Gasteiger partial charge in [0.2, 0.25) is 5.95 Å². The fraction of sp³-hybridized carbons (Fsp3) is 0.333. The number of benzene rings is 1. The Morgan fingerprint density at radius 1 is 1.11 bits per heavy atom. The monoisotopic (exact) mass is 275 g/mol. The molecule has 2 rings (SSSR count). The lowest BCUT2D eigenvalue weighted by Gasteiger charge is -2.19. The molecule has 100 valence electrons. The van der Waals surface area contributed by atoms with Gasteiger partial charge in [0.15, 0.2) is 0 Å². The zero-order chi connectivity index (χ0) is 14.0. The molecule has 0 saturated carbocycles. The van der Waals surface area contributed by atoms with Crippen LogP contribution in [0, 0.1) is 20.8 Å². The van der Waals surface area contributed by atoms with Crippen molar-refractivity contribution in [1.29, 1.82) is 0 Å². The summed E-state index contributed by atoms with van der Waals surface area (Å²) in [7, 11) is 1.98. The average molecular weight is 276 g/mol. The maximum atomic E-state index is 5.83. The van der Waals surface area contributed by atoms with Crippen molar-refractivity contribution in [2.45, 2.75) is 26.7 Å². The molecule has 1 aromatic heterocycles. The number of nitrogens with zero attached hydrogens (tertiary/aromatic N) is 3. The van der Waals surface area contributed by atoms with Gasteiger partial charge in [-0.15, -0.1) is 11.6 Å². The minimum absolute atomic E-state index is 0.444. The maximum Gasteiger partial charge on any atom is 0.229 e. The molecule has 0 saturated heterocycles. The lowest BCUT2D eigenvalue weighted by molar-refractivity contribution is 0.987. The van der Waals surface area contributed by atoms with Gasteiger partial charge in [-0.2, -0.15) is 0 Å². The molecule has 0 unspecified atom stereocenters. The second-order valence-electron chi connectivity index (χ2n) is 4.82. The van der Waals surface area contributed by atoms with Gasteiger partial charge in [0.25, 0.3) is 0 Å². The lowest BCUT2D eigenvalue weighted by Crippen LogP contribution is -2.14. The molecule has 4 heteroatoms. The number of rotatable bonds is 3. The molecule has 1 aromatic carbocycles. The van der Waals surface area contributed by atoms with Gasteiger partial charge >= 0.3 is 0 Å². The minimum atomic E-state index is 0.444. The Hall–Kier alpha value is -1.61. The summed E-state index contributed by atoms with van der Waals surface area (Å²) in [6.07, 6.45) is 1.80. The summed E-state index contributed by atoms with van der Waals surface area (Å²) in [6, 6.07) is 6.41. The van der Waals surface area contributed by atoms with E-state index in [2.05, 4.69) is 42.0 Å². The molecule has 1 heterocycles. The quantitative estimate of drug-likeness (QED) is 0.796. The molecule has 2 aromatic rings. The molecule has 19 heavy (non-hydrogen) atoms. The second-order valence-corrected chi connectivity index (χ2v) is 5.09. The van der Waals surface area contributed by atoms with Crippen molar-refractivity contribution in [3.05, 3.63) is 46.8 Å². The fourth-order valence-corrected chi connectivity index (χ4v) is 2.29. The highest BCUT2D eigenvalue weighted by molar-refractivity contribution is 6.17. The van der Waals surface area contributed by atoms with E-state index in [-0.39, 0.29) is 0 Å². The molecular formula is C15H18ClN3. The first-order valence-electron chi connectivity index (χ1n) is 6.21. The van der Waals surface area contributed by atoms with E-state index in [1.54, 1.807) is 6.20 Å². The van der Waals surface area contributed by atoms with Crippen LogP contribution in [-0.4, -0.2) is 17.0 Å². The molecule has 0 fully saturated rings. The van der Waals surface area contributed by atoms with E-state index in [4.69, 9.17) is 11.6 Å². The first-order valence-corrected chi connectivity index (χ1v) is 6.75. The van der Waals surface area contributed by atoms with Crippen LogP contribution < -0.4 is 4.90 Å². The first-order chi connectivity index (χ1) is 9.01. The molecule has 0 atom stereocenters. The van der Waals surface area contributed by atoms with E-state index in [9.17, 15) is 0 Å². The highest BCUT2D eigenvalue weighted by Crippen LogP contribution is 2.23. The van der Waals surface area contributed by atoms with Crippen LogP contribution in [-0.2, 0) is 5.88 Å². The van der Waals surface area contributed by atoms with Crippen LogP contribution in [0.4, 0.5) is 11.6 Å². The van der Waals surface area contributed by atoms with E-state index in [1.165, 1.54) is 11.1 Å². The minimum Gasteiger partial charge on any atom is -0.314 e. The molecular weight excluding hydrogens is 258 g/mol. The Labute approximate surface area is 119 Å². The van der Waals surface area contributed by atoms with E-state index in [1.807, 2.05) is 18.9 Å². The van der Waals surface area contributed by atoms with Crippen molar-refractivity contribution in [3.63, 3.8) is 0 Å². The van der Waals surface area contributed by atoms with Crippen LogP contribution in [0.1, 0.15) is 22.4 Å². The normalized spacial score (nSPS) is 10.6. The molecule has 0 aliphatic rings. The van der Waals surface area contributed by atoms with E-state index >= 15 is 0 Å². The van der Waals surface area contributed by atoms with Gasteiger partial charge in [-0.25, -0.2) is 9.97 Å². The van der Waals surface area contributed by atoms with E-state index in [0.29, 0.717) is 11.8 Å². The molecule has 0 N–H and O–H groups in total. The largest absolute Gasteiger partial charge is 0.314 e. The van der Waals surface area contributed by atoms with Crippen molar-refractivity contribution in [2.24, 2.45) is 0 Å². The molecule has 0 aliphatic heterocycles. The standard InChI is InChI=1S/C15H18ClN3/c1-10-5-11(2)7-14(6-10)19(4)15-17-9-13(8-16)12(3)18-15/h5-7,9H,8H2,1-4H3. The molecule has 0 spiro atoms. The average Bonchev–Trinajstić information content (AvgIpc) is 2.36. The third-order valence-corrected chi connectivity index (χ3v) is 3.39. The topological polar surface area (TPSA) is 29.0 Å². The van der Waals surface area contributed by atoms with Gasteiger partial charge in [0, 0.05) is 30.2 Å². The zero-order valence-electron chi connectivity index (χ0n) is 11.7. The van der Waals surface area contributed by atoms with Gasteiger partial charge in [-0.05, 0) is 44.0 Å². The summed E-state index contributed by atoms with van der Waals surface area (Å²) in [4.78, 5) is 10.9. The van der Waals surface area contributed by atoms with Crippen LogP contribution in [0.15, 0.2) is 24.4 Å². The maximum absolute atomic E-state index is 5.83. The molecule has 0 amide bonds. The van der Waals surface area contributed by atoms with Gasteiger partial charge in [0.05, 0.1) is 5.88 Å². The van der Waals surface area contributed by atoms with Crippen molar-refractivity contribution in [3.8, 4) is 0 Å². The Balaban J connectivity index is 2.38. The third-order valence-electron chi connectivity index (χ3n) is 3.11. The highest BCUT2D eigenvalue weighted by atomic mass is 35.5. The Kier molecular flexibility index (Phi) is 4.05. The molecule has 0 radical (unpaired) electrons. The van der Waals surface area contributed by atoms with Crippen LogP contribution in [0.25, 0.3) is 0 Å². The van der Waals surface area contributed by atoms with Crippen LogP contribution >= 0.6 is 11.6 Å². The zero-order valence-corrected chi connectivity index (χ0v) is 12.5. The third kappa shape index (κ3) is 3.04. The summed E-state index contributed by atoms with van der Waals surface area (Å²) in [5, 5.41) is 0. The Morgan fingerprint density at radius 2 is 1.74 bits per heavy atom. The van der Waals surface area contributed by atoms with Gasteiger partial charge < -0.3 is 4.90 Å². The Morgan fingerprint density at radius 3 is 2.26 bits per heavy atom. The predicted molar refractivity (Wildman–Crippen MR) is 80.3 cm³/mol. The van der Waals surface area contributed by atoms with Crippen molar-refractivity contribution in [2.75, 3.05) is 11.9 Å². The number of halogens is 1. The van der Waals surface area contributed by atoms with E-state index in [0.717, 1.165) is 16.9 Å². The number of hydrogen-bond donors (Lipinski definition) is 0. The summed E-state index contributed by atoms with van der Waals surface area (Å²) in [5.41, 5.74) is 5.46. The van der Waals surface area contributed by atoms with Gasteiger partial charge in [0.1, 0.15) is 0 Å². The van der Waals surface area contributed by atoms with E-state index < -0.39 is 0 Å². The van der Waals surface area contributed by atoms with Gasteiger partial charge in [-0.1, -0.05) is 6.07 Å². The second kappa shape index (κ2) is 5.57. The highest BCUT2D eigenvalue weighted by Gasteiger charge is 2.09. The number of aryl methyl sites for hydroxylation is 3. The molecule has 3 nitrogen and oxygen atoms in total. The summed E-state index contributed by atoms with van der Waals surface area (Å²) in [6.45, 7) is 6.14. The van der Waals surface area contributed by atoms with Crippen molar-refractivity contribution in [1.82, 2.24) is 9.97 Å². The molecule has 0 aliphatic carbocycles. The van der Waals surface area contributed by atoms with Crippen molar-refractivity contribution >= 4 is 23.2 Å². The molecule has 0 bridgehead atoms. The number of alkyl halides is 1. The van der Waals surface area contributed by atoms with Crippen LogP contribution in [0.3, 0.4) is 0 Å². The van der Waals surface area contributed by atoms with Crippen LogP contribution in [0.2, 0.25) is 0 Å². The SMILES string of the molecule is Cc1cc(C)cc(N(C)c2ncc(CCl)c(C)n2)c1. The fourth-order valence-electron chi connectivity index (χ4n) is 2.03. The van der Waals surface area contributed by atoms with Gasteiger partial charge in [-0.3, -0.25) is 0 Å². The smallest absolute Gasteiger partial charge is 0.229 e. The number of anilines is 2. The predicted octanol–water partition coefficient (Wildman–Crippen LogP) is 3.91. The van der Waals surface area contributed by atoms with Crippen molar-refractivity contribution < 1.29 is 0 Å². The van der Waals surface area contributed by atoms with Crippen LogP contribution in [0.5, 0.6) is 0 Å². The summed E-state index contributed by atoms with van der Waals surface area (Å²) in [5.74, 6) is 1.13. The number of hydrogen-bond acceptors (Lipinski definition) is 3. The summed E-state index contributed by atoms with van der Waals surface area (Å²) >= 11 is 5.83.